The zero-order chi connectivity index (χ0) is 12.8. The summed E-state index contributed by atoms with van der Waals surface area (Å²) in [6, 6.07) is 2.05. The smallest absolute Gasteiger partial charge is 0.152 e. The number of nitrogens with zero attached hydrogens (tertiary/aromatic N) is 3. The van der Waals surface area contributed by atoms with E-state index in [2.05, 4.69) is 15.4 Å². The topological polar surface area (TPSA) is 68.2 Å². The zero-order valence-corrected chi connectivity index (χ0v) is 10.9. The maximum absolute atomic E-state index is 5.46. The van der Waals surface area contributed by atoms with Crippen LogP contribution < -0.4 is 11.1 Å². The fraction of sp³-hybridized carbons (Fsp3) is 0.538. The molecule has 0 bridgehead atoms. The van der Waals surface area contributed by atoms with E-state index in [1.807, 2.05) is 23.7 Å². The lowest BCUT2D eigenvalue weighted by Crippen LogP contribution is -2.05. The summed E-state index contributed by atoms with van der Waals surface area (Å²) in [6.07, 6.45) is 8.34. The number of hydrogen-bond donors (Lipinski definition) is 2. The first-order valence-corrected chi connectivity index (χ1v) is 6.56. The Kier molecular flexibility index (Phi) is 4.52. The first-order valence-electron chi connectivity index (χ1n) is 6.56. The molecule has 0 radical (unpaired) electrons. The van der Waals surface area contributed by atoms with Gasteiger partial charge in [0.1, 0.15) is 5.52 Å². The van der Waals surface area contributed by atoms with Crippen molar-refractivity contribution in [3.05, 3.63) is 24.2 Å². The summed E-state index contributed by atoms with van der Waals surface area (Å²) in [5.41, 5.74) is 7.51. The van der Waals surface area contributed by atoms with Crippen molar-refractivity contribution in [3.63, 3.8) is 0 Å². The number of aryl methyl sites for hydroxylation is 1. The predicted molar refractivity (Wildman–Crippen MR) is 73.7 cm³/mol. The Hall–Kier alpha value is -1.62. The van der Waals surface area contributed by atoms with Crippen LogP contribution in [0.15, 0.2) is 18.5 Å². The van der Waals surface area contributed by atoms with Gasteiger partial charge in [-0.25, -0.2) is 9.50 Å². The zero-order valence-electron chi connectivity index (χ0n) is 10.9. The van der Waals surface area contributed by atoms with Gasteiger partial charge in [-0.05, 0) is 32.4 Å². The van der Waals surface area contributed by atoms with E-state index in [0.29, 0.717) is 0 Å². The molecule has 98 valence electrons. The normalized spacial score (nSPS) is 11.0. The predicted octanol–water partition coefficient (Wildman–Crippen LogP) is 1.97. The maximum atomic E-state index is 5.46. The van der Waals surface area contributed by atoms with E-state index in [-0.39, 0.29) is 0 Å². The van der Waals surface area contributed by atoms with Gasteiger partial charge in [0.05, 0.1) is 5.69 Å². The number of rotatable bonds is 7. The Morgan fingerprint density at radius 2 is 2.11 bits per heavy atom. The van der Waals surface area contributed by atoms with Crippen LogP contribution >= 0.6 is 0 Å². The molecule has 3 N–H and O–H groups in total. The van der Waals surface area contributed by atoms with Gasteiger partial charge in [-0.2, -0.15) is 5.10 Å². The van der Waals surface area contributed by atoms with Gasteiger partial charge in [-0.1, -0.05) is 12.8 Å². The summed E-state index contributed by atoms with van der Waals surface area (Å²) >= 11 is 0. The molecule has 0 aliphatic carbocycles. The van der Waals surface area contributed by atoms with E-state index in [1.165, 1.54) is 12.8 Å². The van der Waals surface area contributed by atoms with Crippen molar-refractivity contribution < 1.29 is 0 Å². The largest absolute Gasteiger partial charge is 0.368 e. The summed E-state index contributed by atoms with van der Waals surface area (Å²) in [7, 11) is 0. The number of hydrogen-bond acceptors (Lipinski definition) is 4. The summed E-state index contributed by atoms with van der Waals surface area (Å²) in [5.74, 6) is 0.914. The minimum atomic E-state index is 0.795. The van der Waals surface area contributed by atoms with Crippen molar-refractivity contribution >= 4 is 11.3 Å². The summed E-state index contributed by atoms with van der Waals surface area (Å²) in [6.45, 7) is 3.73. The number of aromatic nitrogens is 3. The highest BCUT2D eigenvalue weighted by Crippen LogP contribution is 2.14. The van der Waals surface area contributed by atoms with Crippen LogP contribution in [0.4, 0.5) is 5.82 Å². The fourth-order valence-electron chi connectivity index (χ4n) is 2.01. The van der Waals surface area contributed by atoms with Gasteiger partial charge in [-0.15, -0.1) is 0 Å². The van der Waals surface area contributed by atoms with Crippen LogP contribution in [0.2, 0.25) is 0 Å². The number of nitrogens with one attached hydrogen (secondary N) is 1. The first kappa shape index (κ1) is 12.8. The van der Waals surface area contributed by atoms with Gasteiger partial charge >= 0.3 is 0 Å². The molecule has 0 aliphatic heterocycles. The van der Waals surface area contributed by atoms with E-state index in [9.17, 15) is 0 Å². The Labute approximate surface area is 107 Å². The molecule has 0 spiro atoms. The van der Waals surface area contributed by atoms with E-state index in [0.717, 1.165) is 43.0 Å². The SMILES string of the molecule is Cc1cc2c(NCCCCCCN)nccn2n1. The quantitative estimate of drug-likeness (QED) is 0.734. The molecule has 0 saturated heterocycles. The lowest BCUT2D eigenvalue weighted by molar-refractivity contribution is 0.661. The molecular weight excluding hydrogens is 226 g/mol. The lowest BCUT2D eigenvalue weighted by atomic mass is 10.2. The molecular formula is C13H21N5. The summed E-state index contributed by atoms with van der Waals surface area (Å²) in [4.78, 5) is 4.36. The molecule has 0 unspecified atom stereocenters. The second-order valence-corrected chi connectivity index (χ2v) is 4.52. The van der Waals surface area contributed by atoms with Crippen molar-refractivity contribution in [3.8, 4) is 0 Å². The lowest BCUT2D eigenvalue weighted by Gasteiger charge is -2.06. The van der Waals surface area contributed by atoms with Gasteiger partial charge < -0.3 is 11.1 Å². The molecule has 0 atom stereocenters. The third-order valence-corrected chi connectivity index (χ3v) is 2.94. The monoisotopic (exact) mass is 247 g/mol. The van der Waals surface area contributed by atoms with E-state index in [4.69, 9.17) is 5.73 Å². The van der Waals surface area contributed by atoms with Crippen LogP contribution in [0.1, 0.15) is 31.4 Å². The van der Waals surface area contributed by atoms with Crippen molar-refractivity contribution in [1.82, 2.24) is 14.6 Å². The van der Waals surface area contributed by atoms with Gasteiger partial charge in [0.15, 0.2) is 5.82 Å². The first-order chi connectivity index (χ1) is 8.81. The number of unbranched alkanes of at least 4 members (excludes halogenated alkanes) is 3. The highest BCUT2D eigenvalue weighted by atomic mass is 15.2. The second-order valence-electron chi connectivity index (χ2n) is 4.52. The average Bonchev–Trinajstić information content (AvgIpc) is 2.74. The van der Waals surface area contributed by atoms with Crippen LogP contribution in [0.3, 0.4) is 0 Å². The highest BCUT2D eigenvalue weighted by molar-refractivity contribution is 5.67. The molecule has 0 saturated carbocycles. The number of anilines is 1. The number of fused-ring (bicyclic) bond motifs is 1. The fourth-order valence-corrected chi connectivity index (χ4v) is 2.01. The van der Waals surface area contributed by atoms with Crippen molar-refractivity contribution in [2.75, 3.05) is 18.4 Å². The van der Waals surface area contributed by atoms with E-state index >= 15 is 0 Å². The molecule has 0 aromatic carbocycles. The van der Waals surface area contributed by atoms with E-state index < -0.39 is 0 Å². The third-order valence-electron chi connectivity index (χ3n) is 2.94. The summed E-state index contributed by atoms with van der Waals surface area (Å²) < 4.78 is 1.86. The second kappa shape index (κ2) is 6.35. The van der Waals surface area contributed by atoms with Crippen molar-refractivity contribution in [2.24, 2.45) is 5.73 Å². The standard InChI is InChI=1S/C13H21N5/c1-11-10-12-13(16-8-9-18(12)17-11)15-7-5-3-2-4-6-14/h8-10H,2-7,14H2,1H3,(H,15,16). The maximum Gasteiger partial charge on any atom is 0.152 e. The van der Waals surface area contributed by atoms with Crippen molar-refractivity contribution in [1.29, 1.82) is 0 Å². The van der Waals surface area contributed by atoms with Crippen LogP contribution in [-0.4, -0.2) is 27.7 Å². The minimum absolute atomic E-state index is 0.795. The van der Waals surface area contributed by atoms with Gasteiger partial charge in [0, 0.05) is 18.9 Å². The Balaban J connectivity index is 1.87. The molecule has 5 nitrogen and oxygen atoms in total. The minimum Gasteiger partial charge on any atom is -0.368 e. The van der Waals surface area contributed by atoms with Crippen LogP contribution in [-0.2, 0) is 0 Å². The molecule has 0 amide bonds. The van der Waals surface area contributed by atoms with Crippen LogP contribution in [0.5, 0.6) is 0 Å². The van der Waals surface area contributed by atoms with Crippen molar-refractivity contribution in [2.45, 2.75) is 32.6 Å². The Morgan fingerprint density at radius 3 is 2.94 bits per heavy atom. The molecule has 2 rings (SSSR count). The average molecular weight is 247 g/mol. The number of nitrogens with two attached hydrogens (primary N) is 1. The van der Waals surface area contributed by atoms with Gasteiger partial charge in [0.25, 0.3) is 0 Å². The van der Waals surface area contributed by atoms with E-state index in [1.54, 1.807) is 6.20 Å². The van der Waals surface area contributed by atoms with Gasteiger partial charge in [-0.3, -0.25) is 0 Å². The molecule has 0 aliphatic rings. The molecule has 2 aromatic heterocycles. The molecule has 2 heterocycles. The van der Waals surface area contributed by atoms with Crippen LogP contribution in [0.25, 0.3) is 5.52 Å². The summed E-state index contributed by atoms with van der Waals surface area (Å²) in [5, 5.41) is 7.74. The Morgan fingerprint density at radius 1 is 1.28 bits per heavy atom. The molecule has 5 heteroatoms. The Bertz CT molecular complexity index is 491. The molecule has 18 heavy (non-hydrogen) atoms. The van der Waals surface area contributed by atoms with Crippen LogP contribution in [0, 0.1) is 6.92 Å². The highest BCUT2D eigenvalue weighted by Gasteiger charge is 2.03. The third kappa shape index (κ3) is 3.20. The molecule has 0 fully saturated rings. The molecule has 2 aromatic rings. The van der Waals surface area contributed by atoms with Gasteiger partial charge in [0.2, 0.25) is 0 Å².